The van der Waals surface area contributed by atoms with Crippen molar-refractivity contribution in [2.45, 2.75) is 65.5 Å². The van der Waals surface area contributed by atoms with Crippen LogP contribution in [0, 0.1) is 5.92 Å². The van der Waals surface area contributed by atoms with Gasteiger partial charge in [0.1, 0.15) is 5.60 Å². The van der Waals surface area contributed by atoms with Gasteiger partial charge < -0.3 is 15.0 Å². The number of hydrogen-bond donors (Lipinski definition) is 1. The Bertz CT molecular complexity index is 350. The first-order valence-corrected chi connectivity index (χ1v) is 7.45. The van der Waals surface area contributed by atoms with E-state index in [0.717, 1.165) is 13.0 Å². The molecule has 5 nitrogen and oxygen atoms in total. The van der Waals surface area contributed by atoms with Crippen molar-refractivity contribution in [1.82, 2.24) is 10.2 Å². The van der Waals surface area contributed by atoms with Crippen LogP contribution >= 0.6 is 0 Å². The smallest absolute Gasteiger partial charge is 0.407 e. The second kappa shape index (κ2) is 6.95. The van der Waals surface area contributed by atoms with Crippen LogP contribution in [0.15, 0.2) is 0 Å². The maximum atomic E-state index is 12.2. The Balaban J connectivity index is 2.31. The molecule has 1 saturated heterocycles. The van der Waals surface area contributed by atoms with Crippen LogP contribution in [0.3, 0.4) is 0 Å². The number of piperidine rings is 1. The molecular formula is C15H28N2O3. The van der Waals surface area contributed by atoms with Crippen LogP contribution in [0.25, 0.3) is 0 Å². The van der Waals surface area contributed by atoms with E-state index in [2.05, 4.69) is 19.2 Å². The number of ether oxygens (including phenoxy) is 1. The van der Waals surface area contributed by atoms with E-state index in [1.807, 2.05) is 25.7 Å². The van der Waals surface area contributed by atoms with Crippen LogP contribution in [0.2, 0.25) is 0 Å². The van der Waals surface area contributed by atoms with Crippen LogP contribution in [-0.2, 0) is 9.53 Å². The number of nitrogens with one attached hydrogen (secondary N) is 1. The first-order chi connectivity index (χ1) is 9.19. The molecule has 0 aromatic heterocycles. The summed E-state index contributed by atoms with van der Waals surface area (Å²) in [6.45, 7) is 10.9. The number of amides is 2. The zero-order valence-corrected chi connectivity index (χ0v) is 13.4. The van der Waals surface area contributed by atoms with Gasteiger partial charge in [0.2, 0.25) is 5.91 Å². The summed E-state index contributed by atoms with van der Waals surface area (Å²) in [5, 5.41) is 2.63. The van der Waals surface area contributed by atoms with Gasteiger partial charge in [0.15, 0.2) is 0 Å². The van der Waals surface area contributed by atoms with E-state index in [1.165, 1.54) is 6.42 Å². The Labute approximate surface area is 122 Å². The lowest BCUT2D eigenvalue weighted by atomic mass is 9.95. The number of likely N-dealkylation sites (tertiary alicyclic amines) is 1. The third-order valence-electron chi connectivity index (χ3n) is 3.45. The van der Waals surface area contributed by atoms with Crippen LogP contribution in [0.5, 0.6) is 0 Å². The van der Waals surface area contributed by atoms with Gasteiger partial charge in [-0.15, -0.1) is 0 Å². The number of carbonyl (C=O) groups is 2. The Hall–Kier alpha value is -1.26. The molecule has 2 amide bonds. The molecule has 2 unspecified atom stereocenters. The molecule has 0 aliphatic carbocycles. The number of rotatable bonds is 3. The summed E-state index contributed by atoms with van der Waals surface area (Å²) >= 11 is 0. The van der Waals surface area contributed by atoms with E-state index in [9.17, 15) is 9.59 Å². The van der Waals surface area contributed by atoms with E-state index >= 15 is 0 Å². The molecular weight excluding hydrogens is 256 g/mol. The van der Waals surface area contributed by atoms with Gasteiger partial charge in [0, 0.05) is 25.6 Å². The van der Waals surface area contributed by atoms with E-state index < -0.39 is 11.7 Å². The summed E-state index contributed by atoms with van der Waals surface area (Å²) < 4.78 is 5.13. The van der Waals surface area contributed by atoms with E-state index in [-0.39, 0.29) is 5.91 Å². The van der Waals surface area contributed by atoms with Crippen LogP contribution in [0.4, 0.5) is 4.79 Å². The Morgan fingerprint density at radius 1 is 1.25 bits per heavy atom. The standard InChI is InChI=1S/C15H28N2O3/c1-11-6-7-12(2)17(10-11)13(18)8-9-16-14(19)20-15(3,4)5/h11-12H,6-10H2,1-5H3,(H,16,19). The zero-order valence-electron chi connectivity index (χ0n) is 13.4. The van der Waals surface area contributed by atoms with Crippen molar-refractivity contribution in [3.8, 4) is 0 Å². The maximum Gasteiger partial charge on any atom is 0.407 e. The highest BCUT2D eigenvalue weighted by Gasteiger charge is 2.26. The van der Waals surface area contributed by atoms with Gasteiger partial charge >= 0.3 is 6.09 Å². The highest BCUT2D eigenvalue weighted by Crippen LogP contribution is 2.21. The lowest BCUT2D eigenvalue weighted by Crippen LogP contribution is -2.46. The number of carbonyl (C=O) groups excluding carboxylic acids is 2. The highest BCUT2D eigenvalue weighted by atomic mass is 16.6. The third-order valence-corrected chi connectivity index (χ3v) is 3.45. The molecule has 0 radical (unpaired) electrons. The van der Waals surface area contributed by atoms with Gasteiger partial charge in [0.25, 0.3) is 0 Å². The number of alkyl carbamates (subject to hydrolysis) is 1. The first-order valence-electron chi connectivity index (χ1n) is 7.45. The lowest BCUT2D eigenvalue weighted by Gasteiger charge is -2.37. The number of hydrogen-bond acceptors (Lipinski definition) is 3. The SMILES string of the molecule is CC1CCC(C)N(C(=O)CCNC(=O)OC(C)(C)C)C1. The van der Waals surface area contributed by atoms with Crippen molar-refractivity contribution in [3.05, 3.63) is 0 Å². The predicted octanol–water partition coefficient (Wildman–Crippen LogP) is 2.55. The molecule has 20 heavy (non-hydrogen) atoms. The Kier molecular flexibility index (Phi) is 5.84. The van der Waals surface area contributed by atoms with Crippen molar-refractivity contribution in [2.24, 2.45) is 5.92 Å². The van der Waals surface area contributed by atoms with Gasteiger partial charge in [-0.1, -0.05) is 6.92 Å². The van der Waals surface area contributed by atoms with E-state index in [1.54, 1.807) is 0 Å². The molecule has 0 aromatic carbocycles. The van der Waals surface area contributed by atoms with Gasteiger partial charge in [-0.05, 0) is 46.5 Å². The normalized spacial score (nSPS) is 23.4. The molecule has 1 aliphatic heterocycles. The predicted molar refractivity (Wildman–Crippen MR) is 78.4 cm³/mol. The second-order valence-corrected chi connectivity index (χ2v) is 6.76. The highest BCUT2D eigenvalue weighted by molar-refractivity contribution is 5.77. The van der Waals surface area contributed by atoms with Crippen molar-refractivity contribution >= 4 is 12.0 Å². The molecule has 0 saturated carbocycles. The van der Waals surface area contributed by atoms with Crippen molar-refractivity contribution in [3.63, 3.8) is 0 Å². The monoisotopic (exact) mass is 284 g/mol. The molecule has 0 spiro atoms. The average molecular weight is 284 g/mol. The molecule has 2 atom stereocenters. The van der Waals surface area contributed by atoms with E-state index in [0.29, 0.717) is 24.9 Å². The topological polar surface area (TPSA) is 58.6 Å². The fourth-order valence-corrected chi connectivity index (χ4v) is 2.37. The van der Waals surface area contributed by atoms with E-state index in [4.69, 9.17) is 4.74 Å². The summed E-state index contributed by atoms with van der Waals surface area (Å²) in [5.74, 6) is 0.675. The summed E-state index contributed by atoms with van der Waals surface area (Å²) in [5.41, 5.74) is -0.509. The molecule has 1 fully saturated rings. The molecule has 1 heterocycles. The number of nitrogens with zero attached hydrogens (tertiary/aromatic N) is 1. The van der Waals surface area contributed by atoms with Gasteiger partial charge in [-0.3, -0.25) is 4.79 Å². The van der Waals surface area contributed by atoms with Gasteiger partial charge in [-0.2, -0.15) is 0 Å². The van der Waals surface area contributed by atoms with Gasteiger partial charge in [0.05, 0.1) is 0 Å². The quantitative estimate of drug-likeness (QED) is 0.866. The third kappa shape index (κ3) is 5.80. The molecule has 116 valence electrons. The van der Waals surface area contributed by atoms with Crippen LogP contribution in [-0.4, -0.2) is 41.6 Å². The first kappa shape index (κ1) is 16.8. The minimum absolute atomic E-state index is 0.111. The average Bonchev–Trinajstić information content (AvgIpc) is 2.29. The Morgan fingerprint density at radius 3 is 2.50 bits per heavy atom. The molecule has 1 rings (SSSR count). The minimum atomic E-state index is -0.509. The molecule has 5 heteroatoms. The second-order valence-electron chi connectivity index (χ2n) is 6.76. The molecule has 0 aromatic rings. The zero-order chi connectivity index (χ0) is 15.3. The summed E-state index contributed by atoms with van der Waals surface area (Å²) in [6.07, 6.45) is 2.11. The van der Waals surface area contributed by atoms with Gasteiger partial charge in [-0.25, -0.2) is 4.79 Å². The molecule has 0 bridgehead atoms. The van der Waals surface area contributed by atoms with Crippen LogP contribution in [0.1, 0.15) is 53.9 Å². The fourth-order valence-electron chi connectivity index (χ4n) is 2.37. The van der Waals surface area contributed by atoms with Crippen molar-refractivity contribution in [1.29, 1.82) is 0 Å². The molecule has 1 aliphatic rings. The fraction of sp³-hybridized carbons (Fsp3) is 0.867. The van der Waals surface area contributed by atoms with Crippen molar-refractivity contribution in [2.75, 3.05) is 13.1 Å². The Morgan fingerprint density at radius 2 is 1.90 bits per heavy atom. The van der Waals surface area contributed by atoms with Crippen LogP contribution < -0.4 is 5.32 Å². The van der Waals surface area contributed by atoms with Crippen molar-refractivity contribution < 1.29 is 14.3 Å². The maximum absolute atomic E-state index is 12.2. The minimum Gasteiger partial charge on any atom is -0.444 e. The summed E-state index contributed by atoms with van der Waals surface area (Å²) in [4.78, 5) is 25.6. The lowest BCUT2D eigenvalue weighted by molar-refractivity contribution is -0.135. The summed E-state index contributed by atoms with van der Waals surface area (Å²) in [6, 6.07) is 0.306. The largest absolute Gasteiger partial charge is 0.444 e. The molecule has 1 N–H and O–H groups in total. The summed E-state index contributed by atoms with van der Waals surface area (Å²) in [7, 11) is 0.